The molecule has 0 radical (unpaired) electrons. The van der Waals surface area contributed by atoms with E-state index in [4.69, 9.17) is 4.42 Å². The van der Waals surface area contributed by atoms with Gasteiger partial charge in [-0.3, -0.25) is 0 Å². The van der Waals surface area contributed by atoms with Gasteiger partial charge in [-0.25, -0.2) is 9.78 Å². The van der Waals surface area contributed by atoms with Crippen LogP contribution in [0.2, 0.25) is 0 Å². The topological polar surface area (TPSA) is 55.1 Å². The van der Waals surface area contributed by atoms with Crippen molar-refractivity contribution in [1.29, 1.82) is 0 Å². The highest BCUT2D eigenvalue weighted by Gasteiger charge is 2.11. The van der Waals surface area contributed by atoms with Gasteiger partial charge in [-0.2, -0.15) is 0 Å². The molecule has 0 spiro atoms. The molecule has 0 aliphatic rings. The molecule has 0 saturated carbocycles. The lowest BCUT2D eigenvalue weighted by molar-refractivity contribution is 0.563. The molecule has 0 aliphatic heterocycles. The summed E-state index contributed by atoms with van der Waals surface area (Å²) < 4.78 is 5.37. The van der Waals surface area contributed by atoms with Crippen molar-refractivity contribution < 1.29 is 4.42 Å². The quantitative estimate of drug-likeness (QED) is 0.727. The van der Waals surface area contributed by atoms with Crippen LogP contribution in [0.25, 0.3) is 21.5 Å². The zero-order chi connectivity index (χ0) is 13.4. The van der Waals surface area contributed by atoms with E-state index >= 15 is 0 Å². The molecular formula is C14H12N2O2S. The van der Waals surface area contributed by atoms with E-state index in [0.717, 1.165) is 16.8 Å². The standard InChI is InChI=1S/C14H12N2O2S/c1-8-7-19-13(16-8)11-5-9-3-4-10(15-2)6-12(9)18-14(11)17/h3-7,15H,1-2H3. The second-order valence-electron chi connectivity index (χ2n) is 4.24. The number of fused-ring (bicyclic) bond motifs is 1. The van der Waals surface area contributed by atoms with E-state index in [2.05, 4.69) is 10.3 Å². The van der Waals surface area contributed by atoms with Gasteiger partial charge in [0.2, 0.25) is 0 Å². The third kappa shape index (κ3) is 2.13. The van der Waals surface area contributed by atoms with E-state index in [1.54, 1.807) is 0 Å². The molecule has 1 N–H and O–H groups in total. The van der Waals surface area contributed by atoms with Crippen LogP contribution in [0.15, 0.2) is 38.9 Å². The third-order valence-corrected chi connectivity index (χ3v) is 3.87. The van der Waals surface area contributed by atoms with Crippen molar-refractivity contribution in [3.8, 4) is 10.6 Å². The van der Waals surface area contributed by atoms with Gasteiger partial charge in [0, 0.05) is 35.3 Å². The van der Waals surface area contributed by atoms with Gasteiger partial charge in [0.15, 0.2) is 0 Å². The zero-order valence-corrected chi connectivity index (χ0v) is 11.4. The lowest BCUT2D eigenvalue weighted by Gasteiger charge is -2.03. The Morgan fingerprint density at radius 3 is 2.84 bits per heavy atom. The Morgan fingerprint density at radius 1 is 1.32 bits per heavy atom. The van der Waals surface area contributed by atoms with E-state index < -0.39 is 0 Å². The number of nitrogens with zero attached hydrogens (tertiary/aromatic N) is 1. The monoisotopic (exact) mass is 272 g/mol. The van der Waals surface area contributed by atoms with Crippen molar-refractivity contribution in [3.63, 3.8) is 0 Å². The summed E-state index contributed by atoms with van der Waals surface area (Å²) >= 11 is 1.45. The maximum atomic E-state index is 12.0. The molecule has 3 rings (SSSR count). The van der Waals surface area contributed by atoms with E-state index in [9.17, 15) is 4.79 Å². The summed E-state index contributed by atoms with van der Waals surface area (Å²) in [7, 11) is 1.83. The number of rotatable bonds is 2. The molecule has 96 valence electrons. The fraction of sp³-hybridized carbons (Fsp3) is 0.143. The van der Waals surface area contributed by atoms with Crippen LogP contribution < -0.4 is 10.9 Å². The molecule has 2 heterocycles. The first-order valence-corrected chi connectivity index (χ1v) is 6.73. The zero-order valence-electron chi connectivity index (χ0n) is 10.6. The Morgan fingerprint density at radius 2 is 2.16 bits per heavy atom. The number of anilines is 1. The van der Waals surface area contributed by atoms with Gasteiger partial charge in [-0.05, 0) is 25.1 Å². The molecule has 19 heavy (non-hydrogen) atoms. The highest BCUT2D eigenvalue weighted by atomic mass is 32.1. The van der Waals surface area contributed by atoms with Crippen LogP contribution in [0.4, 0.5) is 5.69 Å². The molecule has 3 aromatic rings. The molecule has 4 nitrogen and oxygen atoms in total. The summed E-state index contributed by atoms with van der Waals surface area (Å²) in [4.78, 5) is 16.4. The lowest BCUT2D eigenvalue weighted by Crippen LogP contribution is -2.02. The first-order valence-electron chi connectivity index (χ1n) is 5.85. The number of aryl methyl sites for hydroxylation is 1. The molecule has 0 unspecified atom stereocenters. The maximum Gasteiger partial charge on any atom is 0.346 e. The first-order chi connectivity index (χ1) is 9.17. The Hall–Kier alpha value is -2.14. The van der Waals surface area contributed by atoms with Gasteiger partial charge in [-0.15, -0.1) is 11.3 Å². The van der Waals surface area contributed by atoms with Crippen molar-refractivity contribution in [2.75, 3.05) is 12.4 Å². The molecule has 5 heteroatoms. The minimum Gasteiger partial charge on any atom is -0.422 e. The van der Waals surface area contributed by atoms with Gasteiger partial charge < -0.3 is 9.73 Å². The van der Waals surface area contributed by atoms with Crippen molar-refractivity contribution in [2.45, 2.75) is 6.92 Å². The molecule has 0 aliphatic carbocycles. The molecule has 0 saturated heterocycles. The summed E-state index contributed by atoms with van der Waals surface area (Å²) in [5, 5.41) is 6.53. The van der Waals surface area contributed by atoms with E-state index in [-0.39, 0.29) is 5.63 Å². The van der Waals surface area contributed by atoms with E-state index in [0.29, 0.717) is 16.2 Å². The summed E-state index contributed by atoms with van der Waals surface area (Å²) in [6.45, 7) is 1.90. The number of aromatic nitrogens is 1. The van der Waals surface area contributed by atoms with Gasteiger partial charge >= 0.3 is 5.63 Å². The number of nitrogens with one attached hydrogen (secondary N) is 1. The average molecular weight is 272 g/mol. The van der Waals surface area contributed by atoms with Crippen molar-refractivity contribution in [2.24, 2.45) is 0 Å². The first kappa shape index (κ1) is 11.9. The normalized spacial score (nSPS) is 10.8. The van der Waals surface area contributed by atoms with Gasteiger partial charge in [0.25, 0.3) is 0 Å². The maximum absolute atomic E-state index is 12.0. The predicted octanol–water partition coefficient (Wildman–Crippen LogP) is 3.27. The van der Waals surface area contributed by atoms with Gasteiger partial charge in [0.05, 0.1) is 5.56 Å². The summed E-state index contributed by atoms with van der Waals surface area (Å²) in [5.41, 5.74) is 2.56. The molecule has 1 aromatic carbocycles. The number of benzene rings is 1. The van der Waals surface area contributed by atoms with Crippen molar-refractivity contribution in [3.05, 3.63) is 45.8 Å². The minimum absolute atomic E-state index is 0.352. The highest BCUT2D eigenvalue weighted by molar-refractivity contribution is 7.13. The lowest BCUT2D eigenvalue weighted by atomic mass is 10.2. The molecule has 2 aromatic heterocycles. The number of hydrogen-bond donors (Lipinski definition) is 1. The van der Waals surface area contributed by atoms with Gasteiger partial charge in [0.1, 0.15) is 10.6 Å². The van der Waals surface area contributed by atoms with Gasteiger partial charge in [-0.1, -0.05) is 0 Å². The fourth-order valence-corrected chi connectivity index (χ4v) is 2.69. The van der Waals surface area contributed by atoms with Crippen molar-refractivity contribution >= 4 is 28.0 Å². The van der Waals surface area contributed by atoms with Crippen LogP contribution in [0, 0.1) is 6.92 Å². The minimum atomic E-state index is -0.352. The van der Waals surface area contributed by atoms with Crippen LogP contribution in [0.1, 0.15) is 5.69 Å². The van der Waals surface area contributed by atoms with E-state index in [1.807, 2.05) is 43.6 Å². The molecule has 0 amide bonds. The summed E-state index contributed by atoms with van der Waals surface area (Å²) in [6, 6.07) is 7.51. The molecule has 0 bridgehead atoms. The molecule has 0 atom stereocenters. The summed E-state index contributed by atoms with van der Waals surface area (Å²) in [5.74, 6) is 0. The Labute approximate surface area is 113 Å². The van der Waals surface area contributed by atoms with Crippen LogP contribution in [-0.4, -0.2) is 12.0 Å². The van der Waals surface area contributed by atoms with Crippen LogP contribution >= 0.6 is 11.3 Å². The number of thiazole rings is 1. The second-order valence-corrected chi connectivity index (χ2v) is 5.10. The van der Waals surface area contributed by atoms with Crippen molar-refractivity contribution in [1.82, 2.24) is 4.98 Å². The largest absolute Gasteiger partial charge is 0.422 e. The van der Waals surface area contributed by atoms with E-state index in [1.165, 1.54) is 11.3 Å². The highest BCUT2D eigenvalue weighted by Crippen LogP contribution is 2.25. The Balaban J connectivity index is 2.22. The Kier molecular flexibility index (Phi) is 2.83. The second kappa shape index (κ2) is 4.51. The number of hydrogen-bond acceptors (Lipinski definition) is 5. The third-order valence-electron chi connectivity index (χ3n) is 2.87. The predicted molar refractivity (Wildman–Crippen MR) is 77.9 cm³/mol. The van der Waals surface area contributed by atoms with Crippen LogP contribution in [-0.2, 0) is 0 Å². The Bertz CT molecular complexity index is 805. The molecule has 0 fully saturated rings. The molecular weight excluding hydrogens is 260 g/mol. The smallest absolute Gasteiger partial charge is 0.346 e. The van der Waals surface area contributed by atoms with Crippen LogP contribution in [0.3, 0.4) is 0 Å². The average Bonchev–Trinajstić information content (AvgIpc) is 2.83. The SMILES string of the molecule is CNc1ccc2cc(-c3nc(C)cs3)c(=O)oc2c1. The van der Waals surface area contributed by atoms with Crippen LogP contribution in [0.5, 0.6) is 0 Å². The fourth-order valence-electron chi connectivity index (χ4n) is 1.89. The summed E-state index contributed by atoms with van der Waals surface area (Å²) in [6.07, 6.45) is 0.